The fourth-order valence-electron chi connectivity index (χ4n) is 3.77. The van der Waals surface area contributed by atoms with Gasteiger partial charge in [0.2, 0.25) is 11.2 Å². The van der Waals surface area contributed by atoms with Crippen molar-refractivity contribution < 1.29 is 4.79 Å². The van der Waals surface area contributed by atoms with Crippen LogP contribution in [0.15, 0.2) is 18.2 Å². The standard InChI is InChI=1S/C21H23ClN4OS/c1-12-5-6-16(11-13(12)2)17-14(3)28-20-18(17)19(23-21(22)24-20)26-9-7-25(8-10-26)15(4)27/h5-6,11H,7-10H2,1-4H3. The van der Waals surface area contributed by atoms with Crippen molar-refractivity contribution in [2.24, 2.45) is 0 Å². The summed E-state index contributed by atoms with van der Waals surface area (Å²) in [4.78, 5) is 27.0. The SMILES string of the molecule is CC(=O)N1CCN(c2nc(Cl)nc3sc(C)c(-c4ccc(C)c(C)c4)c23)CC1. The third kappa shape index (κ3) is 3.35. The number of hydrogen-bond donors (Lipinski definition) is 0. The highest BCUT2D eigenvalue weighted by Gasteiger charge is 2.25. The fraction of sp³-hybridized carbons (Fsp3) is 0.381. The summed E-state index contributed by atoms with van der Waals surface area (Å²) in [6.45, 7) is 10.9. The van der Waals surface area contributed by atoms with E-state index in [1.54, 1.807) is 18.3 Å². The van der Waals surface area contributed by atoms with Gasteiger partial charge in [-0.1, -0.05) is 18.2 Å². The predicted octanol–water partition coefficient (Wildman–Crippen LogP) is 4.61. The van der Waals surface area contributed by atoms with Gasteiger partial charge in [-0.2, -0.15) is 4.98 Å². The number of anilines is 1. The number of amides is 1. The first-order valence-corrected chi connectivity index (χ1v) is 10.6. The molecule has 0 bridgehead atoms. The van der Waals surface area contributed by atoms with Crippen molar-refractivity contribution in [3.05, 3.63) is 39.5 Å². The molecule has 1 aliphatic heterocycles. The van der Waals surface area contributed by atoms with Crippen molar-refractivity contribution in [1.29, 1.82) is 0 Å². The van der Waals surface area contributed by atoms with Gasteiger partial charge in [-0.15, -0.1) is 11.3 Å². The van der Waals surface area contributed by atoms with Gasteiger partial charge in [0.05, 0.1) is 5.39 Å². The maximum Gasteiger partial charge on any atom is 0.225 e. The molecule has 3 aromatic rings. The molecule has 5 nitrogen and oxygen atoms in total. The van der Waals surface area contributed by atoms with Gasteiger partial charge in [0.25, 0.3) is 0 Å². The number of carbonyl (C=O) groups excluding carboxylic acids is 1. The molecule has 0 N–H and O–H groups in total. The van der Waals surface area contributed by atoms with E-state index >= 15 is 0 Å². The van der Waals surface area contributed by atoms with Crippen LogP contribution in [0.4, 0.5) is 5.82 Å². The second-order valence-corrected chi connectivity index (χ2v) is 8.86. The molecule has 1 saturated heterocycles. The van der Waals surface area contributed by atoms with E-state index in [0.29, 0.717) is 13.1 Å². The number of halogens is 1. The Morgan fingerprint density at radius 2 is 1.79 bits per heavy atom. The lowest BCUT2D eigenvalue weighted by atomic mass is 9.99. The Balaban J connectivity index is 1.85. The van der Waals surface area contributed by atoms with E-state index in [-0.39, 0.29) is 11.2 Å². The molecular formula is C21H23ClN4OS. The fourth-order valence-corrected chi connectivity index (χ4v) is 5.03. The number of aromatic nitrogens is 2. The number of rotatable bonds is 2. The molecular weight excluding hydrogens is 392 g/mol. The first kappa shape index (κ1) is 19.2. The summed E-state index contributed by atoms with van der Waals surface area (Å²) in [7, 11) is 0. The summed E-state index contributed by atoms with van der Waals surface area (Å²) in [6.07, 6.45) is 0. The molecule has 4 rings (SSSR count). The maximum atomic E-state index is 11.7. The Morgan fingerprint density at radius 3 is 2.43 bits per heavy atom. The Hall–Kier alpha value is -2.18. The molecule has 0 spiro atoms. The molecule has 0 saturated carbocycles. The first-order chi connectivity index (χ1) is 13.3. The molecule has 7 heteroatoms. The lowest BCUT2D eigenvalue weighted by Gasteiger charge is -2.35. The summed E-state index contributed by atoms with van der Waals surface area (Å²) in [6, 6.07) is 6.56. The number of thiophene rings is 1. The van der Waals surface area contributed by atoms with Crippen LogP contribution < -0.4 is 4.90 Å². The zero-order valence-electron chi connectivity index (χ0n) is 16.5. The van der Waals surface area contributed by atoms with Crippen LogP contribution in [0.1, 0.15) is 22.9 Å². The Kier molecular flexibility index (Phi) is 5.02. The molecule has 1 aromatic carbocycles. The number of hydrogen-bond acceptors (Lipinski definition) is 5. The van der Waals surface area contributed by atoms with Crippen molar-refractivity contribution in [3.8, 4) is 11.1 Å². The molecule has 0 atom stereocenters. The van der Waals surface area contributed by atoms with E-state index in [0.717, 1.165) is 29.1 Å². The quantitative estimate of drug-likeness (QED) is 0.575. The average molecular weight is 415 g/mol. The Morgan fingerprint density at radius 1 is 1.07 bits per heavy atom. The van der Waals surface area contributed by atoms with Gasteiger partial charge < -0.3 is 9.80 Å². The van der Waals surface area contributed by atoms with Crippen LogP contribution >= 0.6 is 22.9 Å². The zero-order chi connectivity index (χ0) is 20.0. The topological polar surface area (TPSA) is 49.3 Å². The van der Waals surface area contributed by atoms with Crippen LogP contribution in [0.2, 0.25) is 5.28 Å². The smallest absolute Gasteiger partial charge is 0.225 e. The molecule has 1 aliphatic rings. The minimum Gasteiger partial charge on any atom is -0.352 e. The van der Waals surface area contributed by atoms with Gasteiger partial charge in [-0.25, -0.2) is 4.98 Å². The minimum atomic E-state index is 0.118. The van der Waals surface area contributed by atoms with Crippen LogP contribution in [0, 0.1) is 20.8 Å². The number of benzene rings is 1. The van der Waals surface area contributed by atoms with Crippen molar-refractivity contribution in [1.82, 2.24) is 14.9 Å². The van der Waals surface area contributed by atoms with Gasteiger partial charge >= 0.3 is 0 Å². The molecule has 28 heavy (non-hydrogen) atoms. The lowest BCUT2D eigenvalue weighted by molar-refractivity contribution is -0.129. The molecule has 2 aromatic heterocycles. The lowest BCUT2D eigenvalue weighted by Crippen LogP contribution is -2.48. The molecule has 0 unspecified atom stereocenters. The van der Waals surface area contributed by atoms with Crippen molar-refractivity contribution in [2.45, 2.75) is 27.7 Å². The molecule has 1 fully saturated rings. The summed E-state index contributed by atoms with van der Waals surface area (Å²) in [5.41, 5.74) is 4.91. The van der Waals surface area contributed by atoms with Crippen LogP contribution in [-0.4, -0.2) is 47.0 Å². The van der Waals surface area contributed by atoms with Crippen molar-refractivity contribution in [3.63, 3.8) is 0 Å². The van der Waals surface area contributed by atoms with Gasteiger partial charge in [0, 0.05) is 43.5 Å². The number of fused-ring (bicyclic) bond motifs is 1. The van der Waals surface area contributed by atoms with Gasteiger partial charge in [0.15, 0.2) is 0 Å². The van der Waals surface area contributed by atoms with Crippen LogP contribution in [0.3, 0.4) is 0 Å². The van der Waals surface area contributed by atoms with E-state index in [4.69, 9.17) is 11.6 Å². The highest BCUT2D eigenvalue weighted by atomic mass is 35.5. The highest BCUT2D eigenvalue weighted by molar-refractivity contribution is 7.19. The van der Waals surface area contributed by atoms with E-state index < -0.39 is 0 Å². The average Bonchev–Trinajstić information content (AvgIpc) is 2.99. The number of nitrogens with zero attached hydrogens (tertiary/aromatic N) is 4. The first-order valence-electron chi connectivity index (χ1n) is 9.40. The molecule has 3 heterocycles. The molecule has 146 valence electrons. The van der Waals surface area contributed by atoms with E-state index in [2.05, 4.69) is 53.8 Å². The van der Waals surface area contributed by atoms with E-state index in [9.17, 15) is 4.79 Å². The van der Waals surface area contributed by atoms with Gasteiger partial charge in [0.1, 0.15) is 10.6 Å². The normalized spacial score (nSPS) is 14.8. The zero-order valence-corrected chi connectivity index (χ0v) is 18.1. The highest BCUT2D eigenvalue weighted by Crippen LogP contribution is 2.42. The van der Waals surface area contributed by atoms with Crippen LogP contribution in [0.25, 0.3) is 21.3 Å². The number of aryl methyl sites for hydroxylation is 3. The third-order valence-corrected chi connectivity index (χ3v) is 6.67. The predicted molar refractivity (Wildman–Crippen MR) is 117 cm³/mol. The molecule has 0 aliphatic carbocycles. The maximum absolute atomic E-state index is 11.7. The Labute approximate surface area is 174 Å². The minimum absolute atomic E-state index is 0.118. The number of piperazine rings is 1. The summed E-state index contributed by atoms with van der Waals surface area (Å²) in [5.74, 6) is 0.989. The van der Waals surface area contributed by atoms with Gasteiger partial charge in [-0.3, -0.25) is 4.79 Å². The van der Waals surface area contributed by atoms with Gasteiger partial charge in [-0.05, 0) is 49.1 Å². The summed E-state index contributed by atoms with van der Waals surface area (Å²) in [5, 5.41) is 1.33. The monoisotopic (exact) mass is 414 g/mol. The molecule has 0 radical (unpaired) electrons. The Bertz CT molecular complexity index is 1070. The van der Waals surface area contributed by atoms with Crippen molar-refractivity contribution >= 4 is 44.9 Å². The van der Waals surface area contributed by atoms with Crippen LogP contribution in [0.5, 0.6) is 0 Å². The third-order valence-electron chi connectivity index (χ3n) is 5.50. The van der Waals surface area contributed by atoms with E-state index in [1.165, 1.54) is 27.1 Å². The second-order valence-electron chi connectivity index (χ2n) is 7.32. The van der Waals surface area contributed by atoms with Crippen LogP contribution in [-0.2, 0) is 4.79 Å². The number of carbonyl (C=O) groups is 1. The van der Waals surface area contributed by atoms with E-state index in [1.807, 2.05) is 4.90 Å². The van der Waals surface area contributed by atoms with Crippen molar-refractivity contribution in [2.75, 3.05) is 31.1 Å². The second kappa shape index (κ2) is 7.33. The summed E-state index contributed by atoms with van der Waals surface area (Å²) < 4.78 is 0. The molecule has 1 amide bonds. The largest absolute Gasteiger partial charge is 0.352 e. The summed E-state index contributed by atoms with van der Waals surface area (Å²) >= 11 is 7.92.